The second-order valence-corrected chi connectivity index (χ2v) is 5.15. The first-order valence-electron chi connectivity index (χ1n) is 6.45. The Kier molecular flexibility index (Phi) is 5.10. The summed E-state index contributed by atoms with van der Waals surface area (Å²) in [6.07, 6.45) is 1.52. The average Bonchev–Trinajstić information content (AvgIpc) is 2.45. The van der Waals surface area contributed by atoms with Gasteiger partial charge in [-0.25, -0.2) is 4.68 Å². The van der Waals surface area contributed by atoms with Gasteiger partial charge in [0.1, 0.15) is 6.54 Å². The second-order valence-electron chi connectivity index (χ2n) is 4.30. The zero-order valence-electron chi connectivity index (χ0n) is 11.5. The van der Waals surface area contributed by atoms with Gasteiger partial charge in [-0.15, -0.1) is 0 Å². The van der Waals surface area contributed by atoms with Gasteiger partial charge in [0.2, 0.25) is 5.91 Å². The van der Waals surface area contributed by atoms with Gasteiger partial charge in [0, 0.05) is 17.1 Å². The maximum absolute atomic E-state index is 11.9. The molecule has 0 saturated heterocycles. The minimum atomic E-state index is -0.323. The summed E-state index contributed by atoms with van der Waals surface area (Å²) >= 11 is 3.34. The third-order valence-electron chi connectivity index (χ3n) is 2.69. The fourth-order valence-electron chi connectivity index (χ4n) is 1.74. The molecule has 0 spiro atoms. The molecule has 0 fully saturated rings. The first kappa shape index (κ1) is 15.2. The van der Waals surface area contributed by atoms with Crippen LogP contribution < -0.4 is 16.2 Å². The molecule has 7 heteroatoms. The SMILES string of the molecule is CCNc1cnn(CC(=O)Nc2ccccc2Br)c(=O)c1. The minimum Gasteiger partial charge on any atom is -0.384 e. The number of carbonyl (C=O) groups excluding carboxylic acids is 1. The molecule has 110 valence electrons. The summed E-state index contributed by atoms with van der Waals surface area (Å²) in [6, 6.07) is 8.68. The van der Waals surface area contributed by atoms with Crippen molar-refractivity contribution in [3.8, 4) is 0 Å². The fourth-order valence-corrected chi connectivity index (χ4v) is 2.13. The number of benzene rings is 1. The number of hydrogen-bond acceptors (Lipinski definition) is 4. The molecule has 0 atom stereocenters. The normalized spacial score (nSPS) is 10.2. The Morgan fingerprint density at radius 1 is 1.38 bits per heavy atom. The predicted octanol–water partition coefficient (Wildman–Crippen LogP) is 2.08. The summed E-state index contributed by atoms with van der Waals surface area (Å²) in [5.74, 6) is -0.312. The zero-order chi connectivity index (χ0) is 15.2. The van der Waals surface area contributed by atoms with Gasteiger partial charge in [0.05, 0.1) is 17.6 Å². The van der Waals surface area contributed by atoms with Crippen LogP contribution >= 0.6 is 15.9 Å². The summed E-state index contributed by atoms with van der Waals surface area (Å²) in [5, 5.41) is 9.69. The smallest absolute Gasteiger partial charge is 0.269 e. The Labute approximate surface area is 130 Å². The number of rotatable bonds is 5. The van der Waals surface area contributed by atoms with Gasteiger partial charge < -0.3 is 10.6 Å². The standard InChI is InChI=1S/C14H15BrN4O2/c1-2-16-10-7-14(21)19(17-8-10)9-13(20)18-12-6-4-3-5-11(12)15/h3-8,16H,2,9H2,1H3,(H,18,20). The Hall–Kier alpha value is -2.15. The van der Waals surface area contributed by atoms with Crippen molar-refractivity contribution in [3.63, 3.8) is 0 Å². The summed E-state index contributed by atoms with van der Waals surface area (Å²) in [5.41, 5.74) is 0.973. The highest BCUT2D eigenvalue weighted by atomic mass is 79.9. The summed E-state index contributed by atoms with van der Waals surface area (Å²) in [7, 11) is 0. The molecule has 0 aliphatic carbocycles. The van der Waals surface area contributed by atoms with E-state index in [0.717, 1.165) is 9.15 Å². The predicted molar refractivity (Wildman–Crippen MR) is 85.4 cm³/mol. The largest absolute Gasteiger partial charge is 0.384 e. The lowest BCUT2D eigenvalue weighted by Crippen LogP contribution is -2.29. The second kappa shape index (κ2) is 7.03. The Bertz CT molecular complexity index is 699. The van der Waals surface area contributed by atoms with E-state index in [2.05, 4.69) is 31.7 Å². The molecule has 6 nitrogen and oxygen atoms in total. The fraction of sp³-hybridized carbons (Fsp3) is 0.214. The van der Waals surface area contributed by atoms with Crippen molar-refractivity contribution in [2.45, 2.75) is 13.5 Å². The molecule has 1 amide bonds. The van der Waals surface area contributed by atoms with E-state index in [-0.39, 0.29) is 18.0 Å². The van der Waals surface area contributed by atoms with E-state index < -0.39 is 0 Å². The maximum Gasteiger partial charge on any atom is 0.269 e. The molecule has 2 aromatic rings. The van der Waals surface area contributed by atoms with Crippen LogP contribution in [-0.2, 0) is 11.3 Å². The van der Waals surface area contributed by atoms with Crippen LogP contribution in [0.4, 0.5) is 11.4 Å². The van der Waals surface area contributed by atoms with E-state index in [1.807, 2.05) is 25.1 Å². The van der Waals surface area contributed by atoms with Gasteiger partial charge in [-0.05, 0) is 35.0 Å². The molecule has 1 aromatic carbocycles. The minimum absolute atomic E-state index is 0.132. The third-order valence-corrected chi connectivity index (χ3v) is 3.38. The van der Waals surface area contributed by atoms with Gasteiger partial charge in [-0.2, -0.15) is 5.10 Å². The molecule has 2 N–H and O–H groups in total. The highest BCUT2D eigenvalue weighted by Gasteiger charge is 2.08. The number of amides is 1. The van der Waals surface area contributed by atoms with E-state index >= 15 is 0 Å². The molecule has 0 aliphatic heterocycles. The quantitative estimate of drug-likeness (QED) is 0.865. The van der Waals surface area contributed by atoms with Crippen molar-refractivity contribution in [2.75, 3.05) is 17.2 Å². The molecule has 1 heterocycles. The van der Waals surface area contributed by atoms with Gasteiger partial charge in [-0.3, -0.25) is 9.59 Å². The lowest BCUT2D eigenvalue weighted by atomic mass is 10.3. The van der Waals surface area contributed by atoms with Crippen LogP contribution in [0, 0.1) is 0 Å². The number of anilines is 2. The van der Waals surface area contributed by atoms with Crippen LogP contribution in [0.2, 0.25) is 0 Å². The molecular weight excluding hydrogens is 336 g/mol. The van der Waals surface area contributed by atoms with Crippen molar-refractivity contribution >= 4 is 33.2 Å². The Morgan fingerprint density at radius 3 is 2.81 bits per heavy atom. The molecule has 0 saturated carbocycles. The van der Waals surface area contributed by atoms with E-state index in [1.165, 1.54) is 12.3 Å². The number of nitrogens with one attached hydrogen (secondary N) is 2. The molecule has 2 rings (SSSR count). The van der Waals surface area contributed by atoms with Crippen molar-refractivity contribution in [1.82, 2.24) is 9.78 Å². The molecule has 0 bridgehead atoms. The molecule has 1 aromatic heterocycles. The molecule has 0 aliphatic rings. The molecule has 0 unspecified atom stereocenters. The number of aromatic nitrogens is 2. The van der Waals surface area contributed by atoms with E-state index in [0.29, 0.717) is 17.9 Å². The van der Waals surface area contributed by atoms with E-state index in [9.17, 15) is 9.59 Å². The van der Waals surface area contributed by atoms with Gasteiger partial charge in [-0.1, -0.05) is 12.1 Å². The van der Waals surface area contributed by atoms with E-state index in [1.54, 1.807) is 6.07 Å². The number of hydrogen-bond donors (Lipinski definition) is 2. The van der Waals surface area contributed by atoms with Crippen molar-refractivity contribution in [2.24, 2.45) is 0 Å². The topological polar surface area (TPSA) is 76.0 Å². The Morgan fingerprint density at radius 2 is 2.14 bits per heavy atom. The van der Waals surface area contributed by atoms with Crippen LogP contribution in [0.25, 0.3) is 0 Å². The number of halogens is 1. The number of carbonyl (C=O) groups is 1. The summed E-state index contributed by atoms with van der Waals surface area (Å²) in [6.45, 7) is 2.50. The van der Waals surface area contributed by atoms with Crippen molar-refractivity contribution < 1.29 is 4.79 Å². The maximum atomic E-state index is 11.9. The van der Waals surface area contributed by atoms with Gasteiger partial charge in [0.15, 0.2) is 0 Å². The van der Waals surface area contributed by atoms with Crippen LogP contribution in [0.15, 0.2) is 45.8 Å². The van der Waals surface area contributed by atoms with E-state index in [4.69, 9.17) is 0 Å². The first-order valence-corrected chi connectivity index (χ1v) is 7.25. The average molecular weight is 351 g/mol. The third kappa shape index (κ3) is 4.16. The van der Waals surface area contributed by atoms with Gasteiger partial charge in [0.25, 0.3) is 5.56 Å². The monoisotopic (exact) mass is 350 g/mol. The Balaban J connectivity index is 2.06. The first-order chi connectivity index (χ1) is 10.1. The van der Waals surface area contributed by atoms with Crippen LogP contribution in [0.3, 0.4) is 0 Å². The summed E-state index contributed by atoms with van der Waals surface area (Å²) < 4.78 is 1.90. The van der Waals surface area contributed by atoms with Crippen molar-refractivity contribution in [1.29, 1.82) is 0 Å². The molecule has 21 heavy (non-hydrogen) atoms. The van der Waals surface area contributed by atoms with Crippen molar-refractivity contribution in [3.05, 3.63) is 51.4 Å². The number of nitrogens with zero attached hydrogens (tertiary/aromatic N) is 2. The lowest BCUT2D eigenvalue weighted by molar-refractivity contribution is -0.117. The van der Waals surface area contributed by atoms with Crippen LogP contribution in [0.1, 0.15) is 6.92 Å². The zero-order valence-corrected chi connectivity index (χ0v) is 13.1. The highest BCUT2D eigenvalue weighted by Crippen LogP contribution is 2.20. The number of para-hydroxylation sites is 1. The van der Waals surface area contributed by atoms with Gasteiger partial charge >= 0.3 is 0 Å². The molecular formula is C14H15BrN4O2. The highest BCUT2D eigenvalue weighted by molar-refractivity contribution is 9.10. The van der Waals surface area contributed by atoms with Crippen LogP contribution in [0.5, 0.6) is 0 Å². The van der Waals surface area contributed by atoms with Crippen LogP contribution in [-0.4, -0.2) is 22.2 Å². The summed E-state index contributed by atoms with van der Waals surface area (Å²) in [4.78, 5) is 23.8. The lowest BCUT2D eigenvalue weighted by Gasteiger charge is -2.09. The molecule has 0 radical (unpaired) electrons.